The van der Waals surface area contributed by atoms with Gasteiger partial charge in [-0.1, -0.05) is 36.7 Å². The number of rotatable bonds is 5. The fraction of sp³-hybridized carbons (Fsp3) is 0.611. The number of nitrogens with zero attached hydrogens (tertiary/aromatic N) is 1. The Morgan fingerprint density at radius 3 is 2.39 bits per heavy atom. The third kappa shape index (κ3) is 5.43. The van der Waals surface area contributed by atoms with Crippen LogP contribution in [0.2, 0.25) is 18.1 Å². The molecule has 0 heterocycles. The Morgan fingerprint density at radius 1 is 1.35 bits per heavy atom. The summed E-state index contributed by atoms with van der Waals surface area (Å²) in [6.45, 7) is 15.8. The maximum atomic E-state index is 12.6. The molecule has 0 bridgehead atoms. The van der Waals surface area contributed by atoms with Gasteiger partial charge < -0.3 is 9.33 Å². The summed E-state index contributed by atoms with van der Waals surface area (Å²) in [4.78, 5) is 14.4. The van der Waals surface area contributed by atoms with Gasteiger partial charge in [-0.2, -0.15) is 0 Å². The molecule has 130 valence electrons. The number of halogens is 1. The molecule has 0 unspecified atom stereocenters. The van der Waals surface area contributed by atoms with Crippen LogP contribution in [0.25, 0.3) is 0 Å². The molecule has 0 aromatic heterocycles. The van der Waals surface area contributed by atoms with E-state index in [1.165, 1.54) is 0 Å². The quantitative estimate of drug-likeness (QED) is 0.633. The molecule has 0 N–H and O–H groups in total. The molecule has 0 saturated carbocycles. The van der Waals surface area contributed by atoms with Crippen molar-refractivity contribution in [3.8, 4) is 0 Å². The van der Waals surface area contributed by atoms with Crippen molar-refractivity contribution in [2.45, 2.75) is 58.9 Å². The lowest BCUT2D eigenvalue weighted by Gasteiger charge is -2.39. The number of benzene rings is 1. The Labute approximate surface area is 150 Å². The van der Waals surface area contributed by atoms with Crippen LogP contribution in [0.3, 0.4) is 0 Å². The van der Waals surface area contributed by atoms with E-state index < -0.39 is 8.32 Å². The van der Waals surface area contributed by atoms with Crippen molar-refractivity contribution in [1.82, 2.24) is 4.90 Å². The maximum Gasteiger partial charge on any atom is 0.253 e. The van der Waals surface area contributed by atoms with E-state index >= 15 is 0 Å². The first kappa shape index (κ1) is 20.4. The molecule has 1 amide bonds. The lowest BCUT2D eigenvalue weighted by Crippen LogP contribution is -2.46. The molecule has 1 aromatic carbocycles. The number of likely N-dealkylation sites (N-methyl/N-ethyl adjacent to an activating group) is 1. The summed E-state index contributed by atoms with van der Waals surface area (Å²) in [5.74, 6) is 0.0423. The second-order valence-corrected chi connectivity index (χ2v) is 13.5. The first-order valence-electron chi connectivity index (χ1n) is 8.04. The Morgan fingerprint density at radius 2 is 1.91 bits per heavy atom. The van der Waals surface area contributed by atoms with Gasteiger partial charge in [-0.25, -0.2) is 0 Å². The van der Waals surface area contributed by atoms with Crippen LogP contribution in [0.5, 0.6) is 0 Å². The third-order valence-corrected chi connectivity index (χ3v) is 9.70. The van der Waals surface area contributed by atoms with Crippen molar-refractivity contribution < 1.29 is 9.22 Å². The summed E-state index contributed by atoms with van der Waals surface area (Å²) < 4.78 is 7.34. The zero-order chi connectivity index (χ0) is 18.0. The zero-order valence-electron chi connectivity index (χ0n) is 15.7. The normalized spacial score (nSPS) is 13.8. The molecule has 0 saturated heterocycles. The highest BCUT2D eigenvalue weighted by atomic mass is 79.9. The molecule has 0 spiro atoms. The first-order chi connectivity index (χ1) is 10.3. The largest absolute Gasteiger partial charge is 0.412 e. The third-order valence-electron chi connectivity index (χ3n) is 4.60. The molecule has 0 aliphatic heterocycles. The van der Waals surface area contributed by atoms with Crippen molar-refractivity contribution >= 4 is 30.2 Å². The molecule has 23 heavy (non-hydrogen) atoms. The van der Waals surface area contributed by atoms with Crippen LogP contribution in [-0.2, 0) is 4.43 Å². The smallest absolute Gasteiger partial charge is 0.253 e. The van der Waals surface area contributed by atoms with Crippen molar-refractivity contribution in [3.63, 3.8) is 0 Å². The first-order valence-corrected chi connectivity index (χ1v) is 11.7. The number of hydrogen-bond donors (Lipinski definition) is 0. The topological polar surface area (TPSA) is 29.5 Å². The SMILES string of the molecule is Cc1cc(Br)ccc1C(=O)N(C)C[C@@H](C)O[Si](C)(C)C(C)(C)C. The molecule has 0 radical (unpaired) electrons. The minimum absolute atomic E-state index is 0.0283. The Balaban J connectivity index is 2.75. The molecule has 0 aliphatic rings. The monoisotopic (exact) mass is 399 g/mol. The van der Waals surface area contributed by atoms with E-state index in [4.69, 9.17) is 4.43 Å². The summed E-state index contributed by atoms with van der Waals surface area (Å²) in [5.41, 5.74) is 1.73. The number of carbonyl (C=O) groups is 1. The van der Waals surface area contributed by atoms with E-state index in [0.29, 0.717) is 6.54 Å². The van der Waals surface area contributed by atoms with Gasteiger partial charge in [-0.15, -0.1) is 0 Å². The summed E-state index contributed by atoms with van der Waals surface area (Å²) >= 11 is 3.43. The molecule has 0 aliphatic carbocycles. The number of amides is 1. The summed E-state index contributed by atoms with van der Waals surface area (Å²) in [7, 11) is 0.0312. The predicted molar refractivity (Wildman–Crippen MR) is 104 cm³/mol. The number of hydrogen-bond acceptors (Lipinski definition) is 2. The fourth-order valence-electron chi connectivity index (χ4n) is 2.26. The fourth-order valence-corrected chi connectivity index (χ4v) is 4.17. The summed E-state index contributed by atoms with van der Waals surface area (Å²) in [6, 6.07) is 5.75. The van der Waals surface area contributed by atoms with Gasteiger partial charge in [0, 0.05) is 23.6 Å². The molecule has 1 atom stereocenters. The average Bonchev–Trinajstić information content (AvgIpc) is 2.35. The Bertz CT molecular complexity index is 567. The number of carbonyl (C=O) groups excluding carboxylic acids is 1. The van der Waals surface area contributed by atoms with Crippen molar-refractivity contribution in [3.05, 3.63) is 33.8 Å². The minimum Gasteiger partial charge on any atom is -0.412 e. The summed E-state index contributed by atoms with van der Waals surface area (Å²) in [5, 5.41) is 0.173. The van der Waals surface area contributed by atoms with Crippen LogP contribution >= 0.6 is 15.9 Å². The second-order valence-electron chi connectivity index (χ2n) is 7.83. The Kier molecular flexibility index (Phi) is 6.64. The van der Waals surface area contributed by atoms with E-state index in [1.54, 1.807) is 4.90 Å². The molecule has 5 heteroatoms. The van der Waals surface area contributed by atoms with Crippen LogP contribution in [0, 0.1) is 6.92 Å². The van der Waals surface area contributed by atoms with Gasteiger partial charge in [-0.05, 0) is 55.7 Å². The Hall–Kier alpha value is -0.653. The highest BCUT2D eigenvalue weighted by molar-refractivity contribution is 9.10. The molecule has 0 fully saturated rings. The average molecular weight is 400 g/mol. The molecule has 3 nitrogen and oxygen atoms in total. The molecule has 1 aromatic rings. The van der Waals surface area contributed by atoms with E-state index in [2.05, 4.69) is 56.7 Å². The predicted octanol–water partition coefficient (Wildman–Crippen LogP) is 5.24. The van der Waals surface area contributed by atoms with Crippen LogP contribution in [-0.4, -0.2) is 38.8 Å². The van der Waals surface area contributed by atoms with Gasteiger partial charge in [0.05, 0.1) is 6.10 Å². The van der Waals surface area contributed by atoms with Gasteiger partial charge in [0.25, 0.3) is 5.91 Å². The highest BCUT2D eigenvalue weighted by Gasteiger charge is 2.38. The van der Waals surface area contributed by atoms with Gasteiger partial charge in [0.1, 0.15) is 0 Å². The lowest BCUT2D eigenvalue weighted by atomic mass is 10.1. The number of aryl methyl sites for hydroxylation is 1. The second kappa shape index (κ2) is 7.49. The van der Waals surface area contributed by atoms with Crippen LogP contribution < -0.4 is 0 Å². The van der Waals surface area contributed by atoms with E-state index in [-0.39, 0.29) is 17.0 Å². The van der Waals surface area contributed by atoms with Crippen molar-refractivity contribution in [2.24, 2.45) is 0 Å². The van der Waals surface area contributed by atoms with Gasteiger partial charge >= 0.3 is 0 Å². The lowest BCUT2D eigenvalue weighted by molar-refractivity contribution is 0.0714. The van der Waals surface area contributed by atoms with E-state index in [9.17, 15) is 4.79 Å². The van der Waals surface area contributed by atoms with Crippen molar-refractivity contribution in [1.29, 1.82) is 0 Å². The highest BCUT2D eigenvalue weighted by Crippen LogP contribution is 2.37. The zero-order valence-corrected chi connectivity index (χ0v) is 18.2. The standard InChI is InChI=1S/C18H30BrNO2Si/c1-13-11-15(19)9-10-16(13)17(21)20(6)12-14(2)22-23(7,8)18(3,4)5/h9-11,14H,12H2,1-8H3/t14-/m1/s1. The van der Waals surface area contributed by atoms with Crippen molar-refractivity contribution in [2.75, 3.05) is 13.6 Å². The van der Waals surface area contributed by atoms with Gasteiger partial charge in [0.15, 0.2) is 8.32 Å². The van der Waals surface area contributed by atoms with E-state index in [0.717, 1.165) is 15.6 Å². The van der Waals surface area contributed by atoms with Crippen LogP contribution in [0.15, 0.2) is 22.7 Å². The molecule has 1 rings (SSSR count). The van der Waals surface area contributed by atoms with Crippen LogP contribution in [0.4, 0.5) is 0 Å². The summed E-state index contributed by atoms with van der Waals surface area (Å²) in [6.07, 6.45) is 0.0283. The molecular formula is C18H30BrNO2Si. The minimum atomic E-state index is -1.81. The molecular weight excluding hydrogens is 370 g/mol. The van der Waals surface area contributed by atoms with Gasteiger partial charge in [0.2, 0.25) is 0 Å². The van der Waals surface area contributed by atoms with Crippen LogP contribution in [0.1, 0.15) is 43.6 Å². The van der Waals surface area contributed by atoms with E-state index in [1.807, 2.05) is 32.2 Å². The maximum absolute atomic E-state index is 12.6. The van der Waals surface area contributed by atoms with Gasteiger partial charge in [-0.3, -0.25) is 4.79 Å².